The first kappa shape index (κ1) is 12.2. The van der Waals surface area contributed by atoms with Gasteiger partial charge >= 0.3 is 0 Å². The largest absolute Gasteiger partial charge is 0.294 e. The molecule has 1 aromatic heterocycles. The van der Waals surface area contributed by atoms with E-state index in [4.69, 9.17) is 5.14 Å². The van der Waals surface area contributed by atoms with Crippen molar-refractivity contribution in [2.45, 2.75) is 24.0 Å². The molecule has 0 amide bonds. The van der Waals surface area contributed by atoms with Gasteiger partial charge in [-0.2, -0.15) is 0 Å². The Balaban J connectivity index is 2.24. The molecule has 2 N–H and O–H groups in total. The second kappa shape index (κ2) is 4.10. The molecule has 1 heterocycles. The van der Waals surface area contributed by atoms with E-state index in [0.29, 0.717) is 0 Å². The minimum atomic E-state index is -3.97. The van der Waals surface area contributed by atoms with E-state index < -0.39 is 15.8 Å². The van der Waals surface area contributed by atoms with Crippen LogP contribution in [0.25, 0.3) is 11.4 Å². The molecule has 2 aromatic rings. The van der Waals surface area contributed by atoms with Crippen molar-refractivity contribution in [2.24, 2.45) is 5.14 Å². The Bertz CT molecular complexity index is 737. The molecule has 6 nitrogen and oxygen atoms in total. The molecule has 1 aromatic carbocycles. The first-order valence-corrected chi connectivity index (χ1v) is 7.25. The minimum Gasteiger partial charge on any atom is -0.294 e. The molecule has 1 aliphatic carbocycles. The third-order valence-electron chi connectivity index (χ3n) is 2.95. The fourth-order valence-electron chi connectivity index (χ4n) is 1.96. The zero-order valence-corrected chi connectivity index (χ0v) is 10.6. The second-order valence-corrected chi connectivity index (χ2v) is 5.89. The summed E-state index contributed by atoms with van der Waals surface area (Å²) in [5.74, 6) is -0.276. The van der Waals surface area contributed by atoms with Gasteiger partial charge in [-0.25, -0.2) is 17.9 Å². The molecule has 0 radical (unpaired) electrons. The van der Waals surface area contributed by atoms with Crippen LogP contribution in [0.5, 0.6) is 0 Å². The van der Waals surface area contributed by atoms with E-state index >= 15 is 0 Å². The Labute approximate surface area is 109 Å². The Kier molecular flexibility index (Phi) is 2.64. The van der Waals surface area contributed by atoms with Crippen LogP contribution in [0.1, 0.15) is 18.9 Å². The van der Waals surface area contributed by atoms with E-state index in [0.717, 1.165) is 12.8 Å². The number of aromatic nitrogens is 3. The molecule has 0 saturated heterocycles. The number of benzene rings is 1. The number of nitrogens with two attached hydrogens (primary N) is 1. The molecular formula is C11H11FN4O2S. The lowest BCUT2D eigenvalue weighted by atomic mass is 10.2. The van der Waals surface area contributed by atoms with Crippen LogP contribution in [0.2, 0.25) is 0 Å². The summed E-state index contributed by atoms with van der Waals surface area (Å²) in [7, 11) is -3.97. The van der Waals surface area contributed by atoms with Gasteiger partial charge in [0.15, 0.2) is 5.82 Å². The van der Waals surface area contributed by atoms with Gasteiger partial charge < -0.3 is 0 Å². The lowest BCUT2D eigenvalue weighted by Gasteiger charge is -2.08. The van der Waals surface area contributed by atoms with E-state index in [1.807, 2.05) is 0 Å². The highest BCUT2D eigenvalue weighted by Crippen LogP contribution is 2.40. The van der Waals surface area contributed by atoms with Gasteiger partial charge in [0.05, 0.1) is 5.56 Å². The van der Waals surface area contributed by atoms with E-state index in [9.17, 15) is 12.8 Å². The molecule has 0 bridgehead atoms. The number of sulfonamides is 1. The quantitative estimate of drug-likeness (QED) is 0.911. The summed E-state index contributed by atoms with van der Waals surface area (Å²) in [5.41, 5.74) is 0.219. The predicted molar refractivity (Wildman–Crippen MR) is 65.1 cm³/mol. The monoisotopic (exact) mass is 282 g/mol. The standard InChI is InChI=1S/C11H11FN4O2S/c12-9-4-2-1-3-8(9)10-14-15-11(19(13,17)18)16(10)7-5-6-7/h1-4,7H,5-6H2,(H2,13,17,18). The fourth-order valence-corrected chi connectivity index (χ4v) is 2.62. The molecule has 19 heavy (non-hydrogen) atoms. The van der Waals surface area contributed by atoms with Crippen molar-refractivity contribution in [1.82, 2.24) is 14.8 Å². The van der Waals surface area contributed by atoms with Gasteiger partial charge in [0.25, 0.3) is 15.2 Å². The summed E-state index contributed by atoms with van der Waals surface area (Å²) in [6, 6.07) is 6.00. The zero-order valence-electron chi connectivity index (χ0n) is 9.82. The Morgan fingerprint density at radius 3 is 2.53 bits per heavy atom. The summed E-state index contributed by atoms with van der Waals surface area (Å²) in [6.07, 6.45) is 1.62. The smallest absolute Gasteiger partial charge is 0.273 e. The second-order valence-electron chi connectivity index (χ2n) is 4.43. The lowest BCUT2D eigenvalue weighted by molar-refractivity contribution is 0.566. The molecule has 0 unspecified atom stereocenters. The lowest BCUT2D eigenvalue weighted by Crippen LogP contribution is -2.18. The van der Waals surface area contributed by atoms with Crippen molar-refractivity contribution in [3.8, 4) is 11.4 Å². The summed E-state index contributed by atoms with van der Waals surface area (Å²) in [5, 5.41) is 12.2. The van der Waals surface area contributed by atoms with Gasteiger partial charge in [-0.05, 0) is 25.0 Å². The third-order valence-corrected chi connectivity index (χ3v) is 3.73. The first-order chi connectivity index (χ1) is 8.98. The molecule has 0 aliphatic heterocycles. The van der Waals surface area contributed by atoms with Gasteiger partial charge in [0.2, 0.25) is 0 Å². The van der Waals surface area contributed by atoms with Crippen molar-refractivity contribution in [3.05, 3.63) is 30.1 Å². The maximum atomic E-state index is 13.8. The van der Waals surface area contributed by atoms with Crippen molar-refractivity contribution in [1.29, 1.82) is 0 Å². The molecule has 100 valence electrons. The van der Waals surface area contributed by atoms with Crippen molar-refractivity contribution in [2.75, 3.05) is 0 Å². The highest BCUT2D eigenvalue weighted by atomic mass is 32.2. The summed E-state index contributed by atoms with van der Waals surface area (Å²) in [4.78, 5) is 0. The van der Waals surface area contributed by atoms with E-state index in [1.54, 1.807) is 12.1 Å². The van der Waals surface area contributed by atoms with Gasteiger partial charge in [-0.15, -0.1) is 10.2 Å². The third kappa shape index (κ3) is 2.13. The van der Waals surface area contributed by atoms with Crippen LogP contribution in [0.3, 0.4) is 0 Å². The molecule has 0 spiro atoms. The number of hydrogen-bond acceptors (Lipinski definition) is 4. The molecule has 0 atom stereocenters. The Morgan fingerprint density at radius 1 is 1.26 bits per heavy atom. The topological polar surface area (TPSA) is 90.9 Å². The molecule has 1 saturated carbocycles. The van der Waals surface area contributed by atoms with Crippen LogP contribution < -0.4 is 5.14 Å². The highest BCUT2D eigenvalue weighted by molar-refractivity contribution is 7.89. The first-order valence-electron chi connectivity index (χ1n) is 5.71. The van der Waals surface area contributed by atoms with E-state index in [1.165, 1.54) is 16.7 Å². The molecule has 1 aliphatic rings. The minimum absolute atomic E-state index is 0.0297. The zero-order chi connectivity index (χ0) is 13.6. The van der Waals surface area contributed by atoms with Crippen molar-refractivity contribution in [3.63, 3.8) is 0 Å². The number of primary sulfonamides is 1. The van der Waals surface area contributed by atoms with Crippen molar-refractivity contribution < 1.29 is 12.8 Å². The number of rotatable bonds is 3. The number of nitrogens with zero attached hydrogens (tertiary/aromatic N) is 3. The van der Waals surface area contributed by atoms with Gasteiger partial charge in [-0.3, -0.25) is 4.57 Å². The molecule has 8 heteroatoms. The Morgan fingerprint density at radius 2 is 1.95 bits per heavy atom. The molecule has 3 rings (SSSR count). The molecule has 1 fully saturated rings. The fraction of sp³-hybridized carbons (Fsp3) is 0.273. The van der Waals surface area contributed by atoms with Crippen LogP contribution in [-0.4, -0.2) is 23.2 Å². The predicted octanol–water partition coefficient (Wildman–Crippen LogP) is 1.07. The van der Waals surface area contributed by atoms with Crippen LogP contribution in [-0.2, 0) is 10.0 Å². The summed E-state index contributed by atoms with van der Waals surface area (Å²) >= 11 is 0. The van der Waals surface area contributed by atoms with Crippen LogP contribution in [0, 0.1) is 5.82 Å². The average molecular weight is 282 g/mol. The van der Waals surface area contributed by atoms with E-state index in [-0.39, 0.29) is 22.6 Å². The van der Waals surface area contributed by atoms with Gasteiger partial charge in [0.1, 0.15) is 5.82 Å². The van der Waals surface area contributed by atoms with Crippen molar-refractivity contribution >= 4 is 10.0 Å². The SMILES string of the molecule is NS(=O)(=O)c1nnc(-c2ccccc2F)n1C1CC1. The van der Waals surface area contributed by atoms with E-state index in [2.05, 4.69) is 10.2 Å². The maximum absolute atomic E-state index is 13.8. The van der Waals surface area contributed by atoms with Gasteiger partial charge in [-0.1, -0.05) is 12.1 Å². The van der Waals surface area contributed by atoms with Gasteiger partial charge in [0, 0.05) is 6.04 Å². The maximum Gasteiger partial charge on any atom is 0.273 e. The van der Waals surface area contributed by atoms with Crippen LogP contribution >= 0.6 is 0 Å². The average Bonchev–Trinajstić information content (AvgIpc) is 3.07. The summed E-state index contributed by atoms with van der Waals surface area (Å²) < 4.78 is 38.1. The number of hydrogen-bond donors (Lipinski definition) is 1. The number of halogens is 1. The summed E-state index contributed by atoms with van der Waals surface area (Å²) in [6.45, 7) is 0. The normalized spacial score (nSPS) is 15.7. The van der Waals surface area contributed by atoms with Crippen LogP contribution in [0.15, 0.2) is 29.4 Å². The Hall–Kier alpha value is -1.80. The van der Waals surface area contributed by atoms with Crippen LogP contribution in [0.4, 0.5) is 4.39 Å². The highest BCUT2D eigenvalue weighted by Gasteiger charge is 2.34. The molecular weight excluding hydrogens is 271 g/mol.